The average Bonchev–Trinajstić information content (AvgIpc) is 3.13. The van der Waals surface area contributed by atoms with Gasteiger partial charge in [0.15, 0.2) is 0 Å². The SMILES string of the molecule is CSCC[C@@H](NC(=O)OCC1c2ccccc2-c2ccccc21)C(=O)NC(CC(=O)O)C(F)F. The Bertz CT molecular complexity index is 990. The fraction of sp³-hybridized carbons (Fsp3) is 0.375. The number of carboxylic acids is 1. The van der Waals surface area contributed by atoms with E-state index in [1.54, 1.807) is 6.26 Å². The number of hydrogen-bond donors (Lipinski definition) is 3. The molecule has 2 atom stereocenters. The Kier molecular flexibility index (Phi) is 8.86. The molecular formula is C24H26F2N2O5S. The summed E-state index contributed by atoms with van der Waals surface area (Å²) in [6.07, 6.45) is -2.87. The zero-order valence-electron chi connectivity index (χ0n) is 18.5. The molecule has 1 aliphatic rings. The Morgan fingerprint density at radius 1 is 1.03 bits per heavy atom. The first kappa shape index (κ1) is 25.5. The third kappa shape index (κ3) is 6.25. The van der Waals surface area contributed by atoms with Crippen LogP contribution in [0, 0.1) is 0 Å². The number of benzene rings is 2. The minimum Gasteiger partial charge on any atom is -0.481 e. The Labute approximate surface area is 200 Å². The summed E-state index contributed by atoms with van der Waals surface area (Å²) in [6.45, 7) is 0.0371. The van der Waals surface area contributed by atoms with Crippen LogP contribution in [0.15, 0.2) is 48.5 Å². The van der Waals surface area contributed by atoms with Gasteiger partial charge in [0.2, 0.25) is 5.91 Å². The molecular weight excluding hydrogens is 466 g/mol. The molecule has 10 heteroatoms. The molecule has 34 heavy (non-hydrogen) atoms. The quantitative estimate of drug-likeness (QED) is 0.440. The van der Waals surface area contributed by atoms with Crippen LogP contribution < -0.4 is 10.6 Å². The number of nitrogens with one attached hydrogen (secondary N) is 2. The number of rotatable bonds is 11. The summed E-state index contributed by atoms with van der Waals surface area (Å²) in [4.78, 5) is 35.9. The number of ether oxygens (including phenoxy) is 1. The number of aliphatic carboxylic acids is 1. The maximum Gasteiger partial charge on any atom is 0.407 e. The van der Waals surface area contributed by atoms with E-state index in [-0.39, 0.29) is 18.9 Å². The van der Waals surface area contributed by atoms with Crippen LogP contribution in [-0.2, 0) is 14.3 Å². The van der Waals surface area contributed by atoms with Crippen molar-refractivity contribution in [1.82, 2.24) is 10.6 Å². The minimum atomic E-state index is -3.06. The first-order valence-electron chi connectivity index (χ1n) is 10.7. The minimum absolute atomic E-state index is 0.0371. The van der Waals surface area contributed by atoms with Gasteiger partial charge in [0.25, 0.3) is 6.43 Å². The molecule has 0 fully saturated rings. The maximum absolute atomic E-state index is 13.1. The van der Waals surface area contributed by atoms with Crippen LogP contribution in [0.5, 0.6) is 0 Å². The van der Waals surface area contributed by atoms with Crippen LogP contribution in [0.1, 0.15) is 29.9 Å². The molecule has 0 saturated carbocycles. The number of fused-ring (bicyclic) bond motifs is 3. The molecule has 0 aromatic heterocycles. The van der Waals surface area contributed by atoms with Crippen molar-refractivity contribution in [3.63, 3.8) is 0 Å². The van der Waals surface area contributed by atoms with Crippen LogP contribution in [-0.4, -0.2) is 60.2 Å². The molecule has 2 amide bonds. The summed E-state index contributed by atoms with van der Waals surface area (Å²) in [5, 5.41) is 13.3. The molecule has 0 radical (unpaired) electrons. The van der Waals surface area contributed by atoms with Gasteiger partial charge in [0.05, 0.1) is 6.42 Å². The number of carbonyl (C=O) groups excluding carboxylic acids is 2. The molecule has 3 N–H and O–H groups in total. The van der Waals surface area contributed by atoms with Gasteiger partial charge in [-0.05, 0) is 40.7 Å². The zero-order valence-corrected chi connectivity index (χ0v) is 19.3. The van der Waals surface area contributed by atoms with Crippen molar-refractivity contribution >= 4 is 29.7 Å². The number of thioether (sulfide) groups is 1. The number of hydrogen-bond acceptors (Lipinski definition) is 5. The van der Waals surface area contributed by atoms with E-state index in [2.05, 4.69) is 5.32 Å². The highest BCUT2D eigenvalue weighted by Gasteiger charge is 2.31. The third-order valence-electron chi connectivity index (χ3n) is 5.59. The van der Waals surface area contributed by atoms with E-state index in [9.17, 15) is 23.2 Å². The Balaban J connectivity index is 1.65. The van der Waals surface area contributed by atoms with E-state index in [1.165, 1.54) is 11.8 Å². The molecule has 1 unspecified atom stereocenters. The lowest BCUT2D eigenvalue weighted by Crippen LogP contribution is -2.52. The number of halogens is 2. The number of alkyl halides is 2. The van der Waals surface area contributed by atoms with Crippen LogP contribution in [0.25, 0.3) is 11.1 Å². The topological polar surface area (TPSA) is 105 Å². The molecule has 182 valence electrons. The van der Waals surface area contributed by atoms with Crippen molar-refractivity contribution in [3.8, 4) is 11.1 Å². The van der Waals surface area contributed by atoms with Crippen molar-refractivity contribution < 1.29 is 33.0 Å². The molecule has 0 spiro atoms. The molecule has 0 bridgehead atoms. The number of carbonyl (C=O) groups is 3. The van der Waals surface area contributed by atoms with Crippen LogP contribution in [0.3, 0.4) is 0 Å². The highest BCUT2D eigenvalue weighted by atomic mass is 32.2. The molecule has 7 nitrogen and oxygen atoms in total. The number of amides is 2. The normalized spacial score (nSPS) is 14.1. The lowest BCUT2D eigenvalue weighted by Gasteiger charge is -2.22. The van der Waals surface area contributed by atoms with Gasteiger partial charge in [0, 0.05) is 5.92 Å². The highest BCUT2D eigenvalue weighted by molar-refractivity contribution is 7.98. The predicted molar refractivity (Wildman–Crippen MR) is 125 cm³/mol. The molecule has 1 aliphatic carbocycles. The summed E-state index contributed by atoms with van der Waals surface area (Å²) >= 11 is 1.41. The predicted octanol–water partition coefficient (Wildman–Crippen LogP) is 3.87. The summed E-state index contributed by atoms with van der Waals surface area (Å²) in [7, 11) is 0. The van der Waals surface area contributed by atoms with Crippen LogP contribution in [0.2, 0.25) is 0 Å². The first-order valence-corrected chi connectivity index (χ1v) is 12.1. The van der Waals surface area contributed by atoms with E-state index < -0.39 is 42.9 Å². The summed E-state index contributed by atoms with van der Waals surface area (Å²) in [5.41, 5.74) is 4.20. The zero-order chi connectivity index (χ0) is 24.7. The second-order valence-corrected chi connectivity index (χ2v) is 8.84. The highest BCUT2D eigenvalue weighted by Crippen LogP contribution is 2.44. The summed E-state index contributed by atoms with van der Waals surface area (Å²) in [5.74, 6) is -2.04. The molecule has 2 aromatic rings. The fourth-order valence-electron chi connectivity index (χ4n) is 3.96. The summed E-state index contributed by atoms with van der Waals surface area (Å²) < 4.78 is 31.7. The van der Waals surface area contributed by atoms with E-state index in [0.717, 1.165) is 22.3 Å². The van der Waals surface area contributed by atoms with Crippen LogP contribution in [0.4, 0.5) is 13.6 Å². The van der Waals surface area contributed by atoms with E-state index >= 15 is 0 Å². The first-order chi connectivity index (χ1) is 16.3. The second-order valence-electron chi connectivity index (χ2n) is 7.85. The maximum atomic E-state index is 13.1. The van der Waals surface area contributed by atoms with Crippen molar-refractivity contribution in [2.45, 2.75) is 37.3 Å². The van der Waals surface area contributed by atoms with Gasteiger partial charge in [-0.2, -0.15) is 11.8 Å². The van der Waals surface area contributed by atoms with Gasteiger partial charge in [-0.3, -0.25) is 9.59 Å². The van der Waals surface area contributed by atoms with E-state index in [1.807, 2.05) is 53.8 Å². The third-order valence-corrected chi connectivity index (χ3v) is 6.23. The lowest BCUT2D eigenvalue weighted by atomic mass is 9.98. The molecule has 3 rings (SSSR count). The second kappa shape index (κ2) is 11.8. The van der Waals surface area contributed by atoms with Gasteiger partial charge in [-0.1, -0.05) is 48.5 Å². The van der Waals surface area contributed by atoms with Gasteiger partial charge in [-0.25, -0.2) is 13.6 Å². The Hall–Kier alpha value is -3.14. The largest absolute Gasteiger partial charge is 0.481 e. The van der Waals surface area contributed by atoms with Crippen LogP contribution >= 0.6 is 11.8 Å². The van der Waals surface area contributed by atoms with E-state index in [0.29, 0.717) is 5.75 Å². The van der Waals surface area contributed by atoms with Crippen molar-refractivity contribution in [2.75, 3.05) is 18.6 Å². The lowest BCUT2D eigenvalue weighted by molar-refractivity contribution is -0.139. The summed E-state index contributed by atoms with van der Waals surface area (Å²) in [6, 6.07) is 12.7. The Morgan fingerprint density at radius 2 is 1.62 bits per heavy atom. The molecule has 0 saturated heterocycles. The molecule has 0 aliphatic heterocycles. The van der Waals surface area contributed by atoms with Crippen molar-refractivity contribution in [2.24, 2.45) is 0 Å². The standard InChI is InChI=1S/C24H26F2N2O5S/c1-34-11-10-19(23(31)27-20(22(25)26)12-21(29)30)28-24(32)33-13-18-16-8-4-2-6-14(16)15-7-3-5-9-17(15)18/h2-9,18-20,22H,10-13H2,1H3,(H,27,31)(H,28,32)(H,29,30)/t19-,20?/m1/s1. The van der Waals surface area contributed by atoms with Gasteiger partial charge < -0.3 is 20.5 Å². The van der Waals surface area contributed by atoms with Gasteiger partial charge in [0.1, 0.15) is 18.7 Å². The van der Waals surface area contributed by atoms with Gasteiger partial charge in [-0.15, -0.1) is 0 Å². The fourth-order valence-corrected chi connectivity index (χ4v) is 4.43. The smallest absolute Gasteiger partial charge is 0.407 e. The van der Waals surface area contributed by atoms with Crippen molar-refractivity contribution in [1.29, 1.82) is 0 Å². The van der Waals surface area contributed by atoms with E-state index in [4.69, 9.17) is 9.84 Å². The Morgan fingerprint density at radius 3 is 2.15 bits per heavy atom. The monoisotopic (exact) mass is 492 g/mol. The average molecular weight is 493 g/mol. The van der Waals surface area contributed by atoms with Gasteiger partial charge >= 0.3 is 12.1 Å². The number of alkyl carbamates (subject to hydrolysis) is 1. The number of carboxylic acid groups (broad SMARTS) is 1. The van der Waals surface area contributed by atoms with Crippen molar-refractivity contribution in [3.05, 3.63) is 59.7 Å². The molecule has 0 heterocycles. The molecule has 2 aromatic carbocycles.